The molecule has 94 valence electrons. The lowest BCUT2D eigenvalue weighted by atomic mass is 10.1. The number of rotatable bonds is 5. The van der Waals surface area contributed by atoms with Crippen molar-refractivity contribution in [1.82, 2.24) is 9.88 Å². The Morgan fingerprint density at radius 1 is 1.29 bits per heavy atom. The van der Waals surface area contributed by atoms with E-state index in [1.165, 1.54) is 12.8 Å². The number of unbranched alkanes of at least 4 members (excludes halogenated alkanes) is 1. The minimum atomic E-state index is 0.102. The first kappa shape index (κ1) is 12.4. The smallest absolute Gasteiger partial charge is 0.252 e. The first-order valence-corrected chi connectivity index (χ1v) is 6.73. The van der Waals surface area contributed by atoms with Crippen LogP contribution in [0.15, 0.2) is 16.9 Å². The second-order valence-corrected chi connectivity index (χ2v) is 4.92. The normalized spacial score (nSPS) is 16.5. The SMILES string of the molecule is CCCCc1ccc(CN2CCCC2)c(=O)[nH]1. The van der Waals surface area contributed by atoms with Gasteiger partial charge in [-0.1, -0.05) is 19.4 Å². The molecule has 1 aliphatic heterocycles. The Morgan fingerprint density at radius 3 is 2.71 bits per heavy atom. The molecule has 1 N–H and O–H groups in total. The van der Waals surface area contributed by atoms with E-state index >= 15 is 0 Å². The largest absolute Gasteiger partial charge is 0.326 e. The zero-order valence-corrected chi connectivity index (χ0v) is 10.7. The third-order valence-corrected chi connectivity index (χ3v) is 3.44. The average molecular weight is 234 g/mol. The van der Waals surface area contributed by atoms with Crippen molar-refractivity contribution >= 4 is 0 Å². The van der Waals surface area contributed by atoms with Crippen molar-refractivity contribution in [1.29, 1.82) is 0 Å². The number of aryl methyl sites for hydroxylation is 1. The van der Waals surface area contributed by atoms with Gasteiger partial charge in [-0.15, -0.1) is 0 Å². The summed E-state index contributed by atoms with van der Waals surface area (Å²) in [5.74, 6) is 0. The summed E-state index contributed by atoms with van der Waals surface area (Å²) in [5, 5.41) is 0. The number of hydrogen-bond donors (Lipinski definition) is 1. The number of nitrogens with one attached hydrogen (secondary N) is 1. The molecule has 0 radical (unpaired) electrons. The van der Waals surface area contributed by atoms with Gasteiger partial charge in [-0.3, -0.25) is 9.69 Å². The second-order valence-electron chi connectivity index (χ2n) is 4.92. The van der Waals surface area contributed by atoms with Crippen LogP contribution in [0.1, 0.15) is 43.9 Å². The van der Waals surface area contributed by atoms with Gasteiger partial charge in [0.2, 0.25) is 0 Å². The van der Waals surface area contributed by atoms with Gasteiger partial charge in [0.05, 0.1) is 0 Å². The van der Waals surface area contributed by atoms with Crippen molar-refractivity contribution in [3.63, 3.8) is 0 Å². The third kappa shape index (κ3) is 3.43. The van der Waals surface area contributed by atoms with Crippen LogP contribution >= 0.6 is 0 Å². The van der Waals surface area contributed by atoms with Crippen molar-refractivity contribution in [2.24, 2.45) is 0 Å². The molecule has 0 aliphatic carbocycles. The molecule has 1 fully saturated rings. The van der Waals surface area contributed by atoms with Crippen LogP contribution in [0.25, 0.3) is 0 Å². The van der Waals surface area contributed by atoms with Gasteiger partial charge in [0, 0.05) is 17.8 Å². The first-order valence-electron chi connectivity index (χ1n) is 6.73. The molecule has 0 atom stereocenters. The molecule has 0 spiro atoms. The van der Waals surface area contributed by atoms with E-state index < -0.39 is 0 Å². The van der Waals surface area contributed by atoms with Gasteiger partial charge in [-0.25, -0.2) is 0 Å². The Balaban J connectivity index is 2.00. The van der Waals surface area contributed by atoms with Crippen LogP contribution in [0.4, 0.5) is 0 Å². The van der Waals surface area contributed by atoms with Gasteiger partial charge < -0.3 is 4.98 Å². The lowest BCUT2D eigenvalue weighted by Gasteiger charge is -2.13. The van der Waals surface area contributed by atoms with Crippen LogP contribution < -0.4 is 5.56 Å². The molecule has 2 heterocycles. The van der Waals surface area contributed by atoms with Crippen LogP contribution in [0.3, 0.4) is 0 Å². The lowest BCUT2D eigenvalue weighted by Crippen LogP contribution is -2.24. The average Bonchev–Trinajstić information content (AvgIpc) is 2.82. The number of hydrogen-bond acceptors (Lipinski definition) is 2. The van der Waals surface area contributed by atoms with Crippen molar-refractivity contribution in [2.45, 2.75) is 45.6 Å². The van der Waals surface area contributed by atoms with E-state index in [0.717, 1.165) is 50.2 Å². The van der Waals surface area contributed by atoms with Gasteiger partial charge in [0.1, 0.15) is 0 Å². The third-order valence-electron chi connectivity index (χ3n) is 3.44. The number of H-pyrrole nitrogens is 1. The Bertz CT molecular complexity index is 405. The maximum atomic E-state index is 11.9. The minimum absolute atomic E-state index is 0.102. The van der Waals surface area contributed by atoms with E-state index in [1.54, 1.807) is 0 Å². The maximum absolute atomic E-state index is 11.9. The highest BCUT2D eigenvalue weighted by Gasteiger charge is 2.13. The Morgan fingerprint density at radius 2 is 2.06 bits per heavy atom. The summed E-state index contributed by atoms with van der Waals surface area (Å²) in [7, 11) is 0. The summed E-state index contributed by atoms with van der Waals surface area (Å²) in [6.07, 6.45) is 5.83. The number of likely N-dealkylation sites (tertiary alicyclic amines) is 1. The fourth-order valence-electron chi connectivity index (χ4n) is 2.36. The second kappa shape index (κ2) is 6.01. The van der Waals surface area contributed by atoms with E-state index in [1.807, 2.05) is 6.07 Å². The van der Waals surface area contributed by atoms with Gasteiger partial charge in [0.25, 0.3) is 5.56 Å². The molecular weight excluding hydrogens is 212 g/mol. The van der Waals surface area contributed by atoms with Gasteiger partial charge in [-0.05, 0) is 44.8 Å². The summed E-state index contributed by atoms with van der Waals surface area (Å²) in [5.41, 5.74) is 2.08. The molecule has 0 amide bonds. The monoisotopic (exact) mass is 234 g/mol. The molecule has 1 aromatic heterocycles. The molecule has 0 aromatic carbocycles. The van der Waals surface area contributed by atoms with Crippen molar-refractivity contribution in [2.75, 3.05) is 13.1 Å². The van der Waals surface area contributed by atoms with Crippen LogP contribution in [0.2, 0.25) is 0 Å². The maximum Gasteiger partial charge on any atom is 0.252 e. The number of nitrogens with zero attached hydrogens (tertiary/aromatic N) is 1. The molecular formula is C14H22N2O. The highest BCUT2D eigenvalue weighted by molar-refractivity contribution is 5.14. The lowest BCUT2D eigenvalue weighted by molar-refractivity contribution is 0.330. The van der Waals surface area contributed by atoms with Crippen LogP contribution in [0, 0.1) is 0 Å². The van der Waals surface area contributed by atoms with E-state index in [-0.39, 0.29) is 5.56 Å². The highest BCUT2D eigenvalue weighted by Crippen LogP contribution is 2.10. The quantitative estimate of drug-likeness (QED) is 0.848. The van der Waals surface area contributed by atoms with E-state index in [4.69, 9.17) is 0 Å². The molecule has 0 unspecified atom stereocenters. The highest BCUT2D eigenvalue weighted by atomic mass is 16.1. The fourth-order valence-corrected chi connectivity index (χ4v) is 2.36. The van der Waals surface area contributed by atoms with Crippen molar-refractivity contribution in [3.05, 3.63) is 33.7 Å². The molecule has 1 saturated heterocycles. The van der Waals surface area contributed by atoms with Gasteiger partial charge in [-0.2, -0.15) is 0 Å². The minimum Gasteiger partial charge on any atom is -0.326 e. The molecule has 1 aromatic rings. The van der Waals surface area contributed by atoms with E-state index in [0.29, 0.717) is 0 Å². The molecule has 0 bridgehead atoms. The van der Waals surface area contributed by atoms with Gasteiger partial charge >= 0.3 is 0 Å². The molecule has 17 heavy (non-hydrogen) atoms. The zero-order valence-electron chi connectivity index (χ0n) is 10.7. The topological polar surface area (TPSA) is 36.1 Å². The number of pyridine rings is 1. The first-order chi connectivity index (χ1) is 8.29. The van der Waals surface area contributed by atoms with Crippen LogP contribution in [-0.2, 0) is 13.0 Å². The number of aromatic nitrogens is 1. The van der Waals surface area contributed by atoms with E-state index in [9.17, 15) is 4.79 Å². The van der Waals surface area contributed by atoms with Crippen LogP contribution in [0.5, 0.6) is 0 Å². The molecule has 1 aliphatic rings. The Hall–Kier alpha value is -1.09. The summed E-state index contributed by atoms with van der Waals surface area (Å²) in [4.78, 5) is 17.3. The summed E-state index contributed by atoms with van der Waals surface area (Å²) < 4.78 is 0. The predicted molar refractivity (Wildman–Crippen MR) is 70.2 cm³/mol. The van der Waals surface area contributed by atoms with Gasteiger partial charge in [0.15, 0.2) is 0 Å². The Labute approximate surface area is 103 Å². The standard InChI is InChI=1S/C14H22N2O/c1-2-3-6-13-8-7-12(14(17)15-13)11-16-9-4-5-10-16/h7-8H,2-6,9-11H2,1H3,(H,15,17). The van der Waals surface area contributed by atoms with Crippen molar-refractivity contribution < 1.29 is 0 Å². The predicted octanol–water partition coefficient (Wildman–Crippen LogP) is 2.31. The summed E-state index contributed by atoms with van der Waals surface area (Å²) >= 11 is 0. The molecule has 3 nitrogen and oxygen atoms in total. The zero-order chi connectivity index (χ0) is 12.1. The molecule has 0 saturated carbocycles. The Kier molecular flexibility index (Phi) is 4.37. The summed E-state index contributed by atoms with van der Waals surface area (Å²) in [6.45, 7) is 5.25. The molecule has 3 heteroatoms. The molecule has 2 rings (SSSR count). The van der Waals surface area contributed by atoms with Crippen molar-refractivity contribution in [3.8, 4) is 0 Å². The summed E-state index contributed by atoms with van der Waals surface area (Å²) in [6, 6.07) is 4.07. The van der Waals surface area contributed by atoms with Crippen LogP contribution in [-0.4, -0.2) is 23.0 Å². The number of aromatic amines is 1. The van der Waals surface area contributed by atoms with E-state index in [2.05, 4.69) is 22.9 Å². The fraction of sp³-hybridized carbons (Fsp3) is 0.643.